The zero-order chi connectivity index (χ0) is 25.9. The van der Waals surface area contributed by atoms with Crippen LogP contribution >= 0.6 is 11.3 Å². The smallest absolute Gasteiger partial charge is 0.293 e. The highest BCUT2D eigenvalue weighted by Crippen LogP contribution is 2.27. The zero-order valence-corrected chi connectivity index (χ0v) is 21.0. The predicted molar refractivity (Wildman–Crippen MR) is 138 cm³/mol. The van der Waals surface area contributed by atoms with Gasteiger partial charge in [0.1, 0.15) is 10.4 Å². The van der Waals surface area contributed by atoms with Gasteiger partial charge >= 0.3 is 0 Å². The van der Waals surface area contributed by atoms with E-state index in [1.807, 2.05) is 0 Å². The Morgan fingerprint density at radius 2 is 1.86 bits per heavy atom. The molecule has 8 nitrogen and oxygen atoms in total. The molecule has 180 valence electrons. The molecule has 0 aliphatic heterocycles. The monoisotopic (exact) mass is 490 g/mol. The van der Waals surface area contributed by atoms with Crippen molar-refractivity contribution in [2.24, 2.45) is 5.41 Å². The average molecular weight is 491 g/mol. The molecule has 0 bridgehead atoms. The molecule has 0 aliphatic carbocycles. The van der Waals surface area contributed by atoms with Crippen LogP contribution in [0, 0.1) is 26.9 Å². The average Bonchev–Trinajstić information content (AvgIpc) is 3.07. The van der Waals surface area contributed by atoms with Gasteiger partial charge in [-0.05, 0) is 35.4 Å². The van der Waals surface area contributed by atoms with Gasteiger partial charge in [-0.2, -0.15) is 5.26 Å². The number of hydrogen-bond acceptors (Lipinski definition) is 7. The SMILES string of the molecule is CN(C)c1ccc(/C=c2\s/c(=C\C(=O)C(C)(C)C)n(Cc3ccc(C#N)cc3)c2=O)cc1[N+](=O)[O-]. The van der Waals surface area contributed by atoms with Crippen LogP contribution in [-0.4, -0.2) is 29.4 Å². The summed E-state index contributed by atoms with van der Waals surface area (Å²) in [5.74, 6) is -0.121. The third-order valence-corrected chi connectivity index (χ3v) is 6.39. The van der Waals surface area contributed by atoms with E-state index in [0.29, 0.717) is 26.0 Å². The van der Waals surface area contributed by atoms with E-state index >= 15 is 0 Å². The van der Waals surface area contributed by atoms with Crippen molar-refractivity contribution in [1.82, 2.24) is 4.57 Å². The molecule has 0 radical (unpaired) electrons. The van der Waals surface area contributed by atoms with Gasteiger partial charge in [0.2, 0.25) is 0 Å². The number of nitro benzene ring substituents is 1. The van der Waals surface area contributed by atoms with E-state index in [9.17, 15) is 19.7 Å². The van der Waals surface area contributed by atoms with Crippen molar-refractivity contribution in [2.45, 2.75) is 27.3 Å². The molecule has 0 saturated heterocycles. The first-order chi connectivity index (χ1) is 16.4. The number of anilines is 1. The third kappa shape index (κ3) is 5.91. The van der Waals surface area contributed by atoms with Gasteiger partial charge in [0.05, 0.1) is 27.6 Å². The lowest BCUT2D eigenvalue weighted by molar-refractivity contribution is -0.384. The Morgan fingerprint density at radius 1 is 1.20 bits per heavy atom. The summed E-state index contributed by atoms with van der Waals surface area (Å²) in [6, 6.07) is 13.7. The Bertz CT molecular complexity index is 1500. The largest absolute Gasteiger partial charge is 0.372 e. The Labute approximate surface area is 206 Å². The van der Waals surface area contributed by atoms with Crippen molar-refractivity contribution < 1.29 is 9.72 Å². The number of rotatable bonds is 6. The van der Waals surface area contributed by atoms with Crippen LogP contribution in [0.5, 0.6) is 0 Å². The maximum absolute atomic E-state index is 13.4. The highest BCUT2D eigenvalue weighted by Gasteiger charge is 2.20. The van der Waals surface area contributed by atoms with Crippen molar-refractivity contribution in [1.29, 1.82) is 5.26 Å². The molecule has 9 heteroatoms. The molecule has 3 rings (SSSR count). The van der Waals surface area contributed by atoms with E-state index in [2.05, 4.69) is 6.07 Å². The molecule has 0 spiro atoms. The van der Waals surface area contributed by atoms with Crippen molar-refractivity contribution >= 4 is 40.6 Å². The quantitative estimate of drug-likeness (QED) is 0.388. The summed E-state index contributed by atoms with van der Waals surface area (Å²) in [6.07, 6.45) is 3.08. The molecule has 0 saturated carbocycles. The Kier molecular flexibility index (Phi) is 7.37. The van der Waals surface area contributed by atoms with E-state index in [1.165, 1.54) is 16.7 Å². The summed E-state index contributed by atoms with van der Waals surface area (Å²) < 4.78 is 2.37. The van der Waals surface area contributed by atoms with Gasteiger partial charge in [-0.15, -0.1) is 11.3 Å². The van der Waals surface area contributed by atoms with Gasteiger partial charge in [0.15, 0.2) is 5.78 Å². The Hall–Kier alpha value is -4.03. The minimum Gasteiger partial charge on any atom is -0.372 e. The molecular weight excluding hydrogens is 464 g/mol. The van der Waals surface area contributed by atoms with Crippen molar-refractivity contribution in [2.75, 3.05) is 19.0 Å². The fraction of sp³-hybridized carbons (Fsp3) is 0.269. The first kappa shape index (κ1) is 25.6. The van der Waals surface area contributed by atoms with Gasteiger partial charge in [0, 0.05) is 31.7 Å². The molecular formula is C26H26N4O4S. The number of nitrogens with zero attached hydrogens (tertiary/aromatic N) is 4. The molecule has 0 fully saturated rings. The lowest BCUT2D eigenvalue weighted by Crippen LogP contribution is -2.32. The maximum atomic E-state index is 13.4. The molecule has 0 unspecified atom stereocenters. The van der Waals surface area contributed by atoms with Gasteiger partial charge < -0.3 is 4.90 Å². The van der Waals surface area contributed by atoms with Crippen LogP contribution in [0.1, 0.15) is 37.5 Å². The first-order valence-electron chi connectivity index (χ1n) is 10.8. The molecule has 1 aromatic heterocycles. The van der Waals surface area contributed by atoms with Gasteiger partial charge in [-0.1, -0.05) is 39.0 Å². The molecule has 0 atom stereocenters. The normalized spacial score (nSPS) is 12.5. The second-order valence-electron chi connectivity index (χ2n) is 9.31. The number of carbonyl (C=O) groups is 1. The first-order valence-corrected chi connectivity index (χ1v) is 11.6. The van der Waals surface area contributed by atoms with Crippen molar-refractivity contribution in [3.63, 3.8) is 0 Å². The summed E-state index contributed by atoms with van der Waals surface area (Å²) in [7, 11) is 3.45. The fourth-order valence-electron chi connectivity index (χ4n) is 3.29. The second-order valence-corrected chi connectivity index (χ2v) is 10.4. The lowest BCUT2D eigenvalue weighted by Gasteiger charge is -2.13. The number of benzene rings is 2. The number of nitro groups is 1. The molecule has 0 aliphatic rings. The number of Topliss-reactive ketones (excluding diaryl/α,β-unsaturated/α-hetero) is 1. The number of ketones is 1. The van der Waals surface area contributed by atoms with Crippen LogP contribution in [-0.2, 0) is 11.3 Å². The minimum atomic E-state index is -0.619. The van der Waals surface area contributed by atoms with Crippen molar-refractivity contribution in [3.8, 4) is 6.07 Å². The van der Waals surface area contributed by atoms with Gasteiger partial charge in [-0.3, -0.25) is 24.3 Å². The Morgan fingerprint density at radius 3 is 2.40 bits per heavy atom. The maximum Gasteiger partial charge on any atom is 0.293 e. The standard InChI is InChI=1S/C26H26N4O4S/c1-26(2,3)23(31)14-24-29(16-18-8-6-17(15-27)7-9-18)25(32)22(35-24)13-19-10-11-20(28(4)5)21(12-19)30(33)34/h6-14H,16H2,1-5H3/b22-13-,24-14-. The number of nitriles is 1. The second kappa shape index (κ2) is 10.1. The molecule has 3 aromatic rings. The highest BCUT2D eigenvalue weighted by atomic mass is 32.1. The van der Waals surface area contributed by atoms with Crippen LogP contribution in [0.15, 0.2) is 47.3 Å². The third-order valence-electron chi connectivity index (χ3n) is 5.33. The summed E-state index contributed by atoms with van der Waals surface area (Å²) in [4.78, 5) is 38.9. The number of carbonyl (C=O) groups excluding carboxylic acids is 1. The Balaban J connectivity index is 2.19. The number of thiazole rings is 1. The lowest BCUT2D eigenvalue weighted by atomic mass is 9.91. The minimum absolute atomic E-state index is 0.0621. The number of hydrogen-bond donors (Lipinski definition) is 0. The van der Waals surface area contributed by atoms with E-state index < -0.39 is 10.3 Å². The van der Waals surface area contributed by atoms with E-state index in [-0.39, 0.29) is 23.6 Å². The fourth-order valence-corrected chi connectivity index (χ4v) is 4.34. The molecule has 2 aromatic carbocycles. The van der Waals surface area contributed by atoms with Crippen LogP contribution in [0.3, 0.4) is 0 Å². The predicted octanol–water partition coefficient (Wildman–Crippen LogP) is 3.03. The van der Waals surface area contributed by atoms with Crippen molar-refractivity contribution in [3.05, 3.63) is 88.8 Å². The highest BCUT2D eigenvalue weighted by molar-refractivity contribution is 7.07. The van der Waals surface area contributed by atoms with Crippen LogP contribution in [0.25, 0.3) is 12.2 Å². The van der Waals surface area contributed by atoms with E-state index in [1.54, 1.807) is 82.2 Å². The summed E-state index contributed by atoms with van der Waals surface area (Å²) >= 11 is 1.16. The molecule has 35 heavy (non-hydrogen) atoms. The van der Waals surface area contributed by atoms with Crippen LogP contribution < -0.4 is 19.7 Å². The van der Waals surface area contributed by atoms with Crippen LogP contribution in [0.2, 0.25) is 0 Å². The van der Waals surface area contributed by atoms with E-state index in [4.69, 9.17) is 5.26 Å². The molecule has 0 N–H and O–H groups in total. The van der Waals surface area contributed by atoms with Gasteiger partial charge in [-0.25, -0.2) is 0 Å². The van der Waals surface area contributed by atoms with E-state index in [0.717, 1.165) is 16.9 Å². The van der Waals surface area contributed by atoms with Gasteiger partial charge in [0.25, 0.3) is 11.2 Å². The molecule has 1 heterocycles. The summed E-state index contributed by atoms with van der Waals surface area (Å²) in [5.41, 5.74) is 1.31. The topological polar surface area (TPSA) is 109 Å². The summed E-state index contributed by atoms with van der Waals surface area (Å²) in [6.45, 7) is 5.64. The zero-order valence-electron chi connectivity index (χ0n) is 20.2. The number of aromatic nitrogens is 1. The summed E-state index contributed by atoms with van der Waals surface area (Å²) in [5, 5.41) is 20.6. The molecule has 0 amide bonds. The van der Waals surface area contributed by atoms with Crippen LogP contribution in [0.4, 0.5) is 11.4 Å².